The van der Waals surface area contributed by atoms with Gasteiger partial charge in [-0.25, -0.2) is 4.57 Å². The number of hydrogen-bond acceptors (Lipinski definition) is 2. The molecular weight excluding hydrogens is 212 g/mol. The van der Waals surface area contributed by atoms with E-state index in [-0.39, 0.29) is 0 Å². The Labute approximate surface area is 101 Å². The molecule has 0 atom stereocenters. The molecule has 1 aromatic heterocycles. The van der Waals surface area contributed by atoms with Crippen molar-refractivity contribution in [3.05, 3.63) is 66.0 Å². The lowest BCUT2D eigenvalue weighted by Crippen LogP contribution is -2.34. The fourth-order valence-electron chi connectivity index (χ4n) is 1.73. The Balaban J connectivity index is 2.02. The Bertz CT molecular complexity index is 495. The first-order valence-corrected chi connectivity index (χ1v) is 5.59. The summed E-state index contributed by atoms with van der Waals surface area (Å²) in [6, 6.07) is 14.2. The molecule has 0 fully saturated rings. The molecule has 17 heavy (non-hydrogen) atoms. The minimum Gasteiger partial charge on any atom is -0.411 e. The zero-order valence-electron chi connectivity index (χ0n) is 9.53. The summed E-state index contributed by atoms with van der Waals surface area (Å²) < 4.78 is 2.09. The fourth-order valence-corrected chi connectivity index (χ4v) is 1.73. The van der Waals surface area contributed by atoms with Crippen LogP contribution in [0.2, 0.25) is 0 Å². The molecule has 3 heteroatoms. The van der Waals surface area contributed by atoms with Gasteiger partial charge in [-0.3, -0.25) is 0 Å². The third-order valence-electron chi connectivity index (χ3n) is 2.59. The molecule has 1 aromatic carbocycles. The number of oxime groups is 1. The number of aromatic nitrogens is 1. The van der Waals surface area contributed by atoms with Crippen molar-refractivity contribution in [3.63, 3.8) is 0 Å². The van der Waals surface area contributed by atoms with Gasteiger partial charge in [0.25, 0.3) is 0 Å². The van der Waals surface area contributed by atoms with Crippen molar-refractivity contribution < 1.29 is 9.77 Å². The molecule has 0 radical (unpaired) electrons. The van der Waals surface area contributed by atoms with Gasteiger partial charge in [-0.15, -0.1) is 0 Å². The van der Waals surface area contributed by atoms with Crippen LogP contribution in [-0.2, 0) is 13.0 Å². The molecule has 0 aliphatic rings. The first kappa shape index (κ1) is 11.3. The van der Waals surface area contributed by atoms with E-state index in [4.69, 9.17) is 5.21 Å². The molecule has 0 saturated carbocycles. The Hall–Kier alpha value is -2.16. The van der Waals surface area contributed by atoms with Crippen LogP contribution in [0.3, 0.4) is 0 Å². The summed E-state index contributed by atoms with van der Waals surface area (Å²) in [6.45, 7) is 0.914. The Morgan fingerprint density at radius 1 is 1.12 bits per heavy atom. The number of pyridine rings is 1. The molecule has 86 valence electrons. The molecule has 0 bridgehead atoms. The van der Waals surface area contributed by atoms with E-state index in [0.29, 0.717) is 0 Å². The van der Waals surface area contributed by atoms with Gasteiger partial charge in [-0.2, -0.15) is 0 Å². The van der Waals surface area contributed by atoms with E-state index in [2.05, 4.69) is 34.0 Å². The van der Waals surface area contributed by atoms with Crippen molar-refractivity contribution in [1.29, 1.82) is 0 Å². The number of nitrogens with zero attached hydrogens (tertiary/aromatic N) is 2. The SMILES string of the molecule is O/N=C/c1ccc[n+](CCc2ccccc2)c1. The fraction of sp³-hybridized carbons (Fsp3) is 0.143. The van der Waals surface area contributed by atoms with Crippen molar-refractivity contribution in [2.24, 2.45) is 5.16 Å². The summed E-state index contributed by atoms with van der Waals surface area (Å²) in [4.78, 5) is 0. The van der Waals surface area contributed by atoms with Gasteiger partial charge in [0.05, 0.1) is 11.8 Å². The highest BCUT2D eigenvalue weighted by Gasteiger charge is 2.02. The number of rotatable bonds is 4. The molecule has 0 spiro atoms. The second-order valence-electron chi connectivity index (χ2n) is 3.86. The molecule has 0 aliphatic carbocycles. The van der Waals surface area contributed by atoms with Gasteiger partial charge in [-0.05, 0) is 11.6 Å². The van der Waals surface area contributed by atoms with Crippen molar-refractivity contribution in [3.8, 4) is 0 Å². The van der Waals surface area contributed by atoms with Crippen LogP contribution in [0.4, 0.5) is 0 Å². The average molecular weight is 227 g/mol. The molecule has 0 aliphatic heterocycles. The van der Waals surface area contributed by atoms with Gasteiger partial charge in [0.1, 0.15) is 0 Å². The van der Waals surface area contributed by atoms with E-state index in [1.807, 2.05) is 30.6 Å². The quantitative estimate of drug-likeness (QED) is 0.369. The van der Waals surface area contributed by atoms with Crippen LogP contribution >= 0.6 is 0 Å². The summed E-state index contributed by atoms with van der Waals surface area (Å²) >= 11 is 0. The lowest BCUT2D eigenvalue weighted by Gasteiger charge is -1.98. The summed E-state index contributed by atoms with van der Waals surface area (Å²) in [7, 11) is 0. The molecule has 3 nitrogen and oxygen atoms in total. The predicted molar refractivity (Wildman–Crippen MR) is 66.2 cm³/mol. The minimum atomic E-state index is 0.892. The Kier molecular flexibility index (Phi) is 3.86. The van der Waals surface area contributed by atoms with Crippen LogP contribution in [0.25, 0.3) is 0 Å². The van der Waals surface area contributed by atoms with Gasteiger partial charge in [0.15, 0.2) is 18.9 Å². The Morgan fingerprint density at radius 2 is 1.94 bits per heavy atom. The smallest absolute Gasteiger partial charge is 0.177 e. The van der Waals surface area contributed by atoms with E-state index in [1.165, 1.54) is 11.8 Å². The van der Waals surface area contributed by atoms with E-state index in [1.54, 1.807) is 0 Å². The van der Waals surface area contributed by atoms with Crippen LogP contribution in [0.5, 0.6) is 0 Å². The molecule has 2 rings (SSSR count). The van der Waals surface area contributed by atoms with E-state index < -0.39 is 0 Å². The standard InChI is InChI=1S/C14H14N2O/c17-15-11-14-7-4-9-16(12-14)10-8-13-5-2-1-3-6-13/h1-7,9,11-12H,8,10H2/p+1/b15-11+. The maximum Gasteiger partial charge on any atom is 0.177 e. The van der Waals surface area contributed by atoms with Crippen LogP contribution < -0.4 is 4.57 Å². The first-order chi connectivity index (χ1) is 8.38. The van der Waals surface area contributed by atoms with Crippen LogP contribution in [0.1, 0.15) is 11.1 Å². The maximum absolute atomic E-state index is 8.48. The van der Waals surface area contributed by atoms with E-state index in [0.717, 1.165) is 18.5 Å². The molecule has 0 amide bonds. The van der Waals surface area contributed by atoms with E-state index >= 15 is 0 Å². The largest absolute Gasteiger partial charge is 0.411 e. The highest BCUT2D eigenvalue weighted by atomic mass is 16.4. The summed E-state index contributed by atoms with van der Waals surface area (Å²) in [5.41, 5.74) is 2.21. The third-order valence-corrected chi connectivity index (χ3v) is 2.59. The second-order valence-corrected chi connectivity index (χ2v) is 3.86. The average Bonchev–Trinajstić information content (AvgIpc) is 2.39. The first-order valence-electron chi connectivity index (χ1n) is 5.59. The van der Waals surface area contributed by atoms with Gasteiger partial charge in [-0.1, -0.05) is 35.5 Å². The summed E-state index contributed by atoms with van der Waals surface area (Å²) in [5.74, 6) is 0. The van der Waals surface area contributed by atoms with Gasteiger partial charge in [0, 0.05) is 12.5 Å². The minimum absolute atomic E-state index is 0.892. The van der Waals surface area contributed by atoms with Crippen molar-refractivity contribution in [2.75, 3.05) is 0 Å². The number of hydrogen-bond donors (Lipinski definition) is 1. The monoisotopic (exact) mass is 227 g/mol. The van der Waals surface area contributed by atoms with Gasteiger partial charge < -0.3 is 5.21 Å². The molecule has 1 N–H and O–H groups in total. The molecule has 2 aromatic rings. The highest BCUT2D eigenvalue weighted by molar-refractivity contribution is 5.77. The van der Waals surface area contributed by atoms with Crippen LogP contribution in [0, 0.1) is 0 Å². The lowest BCUT2D eigenvalue weighted by molar-refractivity contribution is -0.696. The van der Waals surface area contributed by atoms with Crippen LogP contribution in [0.15, 0.2) is 60.0 Å². The molecule has 0 unspecified atom stereocenters. The zero-order valence-corrected chi connectivity index (χ0v) is 9.53. The third kappa shape index (κ3) is 3.41. The van der Waals surface area contributed by atoms with Crippen molar-refractivity contribution >= 4 is 6.21 Å². The zero-order chi connectivity index (χ0) is 11.9. The van der Waals surface area contributed by atoms with Crippen molar-refractivity contribution in [2.45, 2.75) is 13.0 Å². The maximum atomic E-state index is 8.48. The highest BCUT2D eigenvalue weighted by Crippen LogP contribution is 1.99. The molecule has 1 heterocycles. The second kappa shape index (κ2) is 5.80. The summed E-state index contributed by atoms with van der Waals surface area (Å²) in [6.07, 6.45) is 6.39. The lowest BCUT2D eigenvalue weighted by atomic mass is 10.1. The number of aryl methyl sites for hydroxylation is 2. The topological polar surface area (TPSA) is 36.5 Å². The van der Waals surface area contributed by atoms with Crippen molar-refractivity contribution in [1.82, 2.24) is 0 Å². The summed E-state index contributed by atoms with van der Waals surface area (Å²) in [5, 5.41) is 11.5. The normalized spacial score (nSPS) is 10.8. The van der Waals surface area contributed by atoms with Gasteiger partial charge in [0.2, 0.25) is 0 Å². The van der Waals surface area contributed by atoms with E-state index in [9.17, 15) is 0 Å². The molecule has 0 saturated heterocycles. The number of benzene rings is 1. The Morgan fingerprint density at radius 3 is 2.71 bits per heavy atom. The molecular formula is C14H15N2O+. The van der Waals surface area contributed by atoms with Crippen LogP contribution in [-0.4, -0.2) is 11.4 Å². The van der Waals surface area contributed by atoms with Gasteiger partial charge >= 0.3 is 0 Å². The predicted octanol–water partition coefficient (Wildman–Crippen LogP) is 2.02.